The average Bonchev–Trinajstić information content (AvgIpc) is 2.49. The van der Waals surface area contributed by atoms with Gasteiger partial charge in [0.25, 0.3) is 0 Å². The van der Waals surface area contributed by atoms with E-state index in [1.807, 2.05) is 41.5 Å². The lowest BCUT2D eigenvalue weighted by molar-refractivity contribution is -0.309. The zero-order chi connectivity index (χ0) is 16.8. The molecule has 0 bridgehead atoms. The van der Waals surface area contributed by atoms with Gasteiger partial charge in [-0.3, -0.25) is 0 Å². The first-order valence-electron chi connectivity index (χ1n) is 8.39. The summed E-state index contributed by atoms with van der Waals surface area (Å²) in [4.78, 5) is 0. The largest absolute Gasteiger partial charge is 0.352 e. The summed E-state index contributed by atoms with van der Waals surface area (Å²) in [5.41, 5.74) is 0. The van der Waals surface area contributed by atoms with Gasteiger partial charge in [0.1, 0.15) is 5.92 Å². The third kappa shape index (κ3) is 7.85. The predicted molar refractivity (Wildman–Crippen MR) is 84.6 cm³/mol. The van der Waals surface area contributed by atoms with E-state index in [9.17, 15) is 0 Å². The number of hydrogen-bond donors (Lipinski definition) is 0. The summed E-state index contributed by atoms with van der Waals surface area (Å²) in [5.74, 6) is -0.334. The predicted octanol–water partition coefficient (Wildman–Crippen LogP) is 2.80. The minimum atomic E-state index is -0.513. The van der Waals surface area contributed by atoms with Gasteiger partial charge in [-0.05, 0) is 41.5 Å². The number of ether oxygens (including phenoxy) is 6. The van der Waals surface area contributed by atoms with Crippen LogP contribution in [0.4, 0.5) is 0 Å². The van der Waals surface area contributed by atoms with Crippen molar-refractivity contribution in [3.05, 3.63) is 0 Å². The van der Waals surface area contributed by atoms with Gasteiger partial charge < -0.3 is 28.4 Å². The van der Waals surface area contributed by atoms with E-state index >= 15 is 0 Å². The molecule has 6 nitrogen and oxygen atoms in total. The van der Waals surface area contributed by atoms with Gasteiger partial charge >= 0.3 is 0 Å². The van der Waals surface area contributed by atoms with Crippen LogP contribution in [0, 0.1) is 5.92 Å². The monoisotopic (exact) mass is 322 g/mol. The minimum Gasteiger partial charge on any atom is -0.352 e. The molecular formula is C16H34O6. The van der Waals surface area contributed by atoms with Crippen molar-refractivity contribution in [2.24, 2.45) is 5.92 Å². The molecule has 0 aromatic rings. The maximum atomic E-state index is 5.75. The second-order valence-electron chi connectivity index (χ2n) is 4.41. The Morgan fingerprint density at radius 1 is 0.409 bits per heavy atom. The van der Waals surface area contributed by atoms with Gasteiger partial charge in [-0.2, -0.15) is 0 Å². The van der Waals surface area contributed by atoms with Gasteiger partial charge in [-0.25, -0.2) is 0 Å². The quantitative estimate of drug-likeness (QED) is 0.432. The fourth-order valence-electron chi connectivity index (χ4n) is 2.18. The number of rotatable bonds is 15. The topological polar surface area (TPSA) is 55.4 Å². The van der Waals surface area contributed by atoms with E-state index in [0.29, 0.717) is 39.6 Å². The molecule has 0 spiro atoms. The maximum Gasteiger partial charge on any atom is 0.170 e. The third-order valence-corrected chi connectivity index (χ3v) is 2.93. The molecule has 0 aliphatic heterocycles. The van der Waals surface area contributed by atoms with Crippen LogP contribution >= 0.6 is 0 Å². The summed E-state index contributed by atoms with van der Waals surface area (Å²) in [7, 11) is 0. The van der Waals surface area contributed by atoms with Crippen molar-refractivity contribution in [1.29, 1.82) is 0 Å². The molecule has 0 aromatic carbocycles. The number of hydrogen-bond acceptors (Lipinski definition) is 6. The van der Waals surface area contributed by atoms with Gasteiger partial charge in [0.05, 0.1) is 0 Å². The van der Waals surface area contributed by atoms with Gasteiger partial charge in [-0.15, -0.1) is 0 Å². The van der Waals surface area contributed by atoms with Crippen molar-refractivity contribution in [3.63, 3.8) is 0 Å². The normalized spacial score (nSPS) is 12.3. The fraction of sp³-hybridized carbons (Fsp3) is 1.00. The van der Waals surface area contributed by atoms with Crippen LogP contribution in [-0.2, 0) is 28.4 Å². The Balaban J connectivity index is 5.34. The Morgan fingerprint density at radius 3 is 0.727 bits per heavy atom. The van der Waals surface area contributed by atoms with Crippen LogP contribution in [0.25, 0.3) is 0 Å². The lowest BCUT2D eigenvalue weighted by Crippen LogP contribution is -2.48. The van der Waals surface area contributed by atoms with Crippen molar-refractivity contribution in [2.75, 3.05) is 39.6 Å². The first kappa shape index (κ1) is 21.8. The fourth-order valence-corrected chi connectivity index (χ4v) is 2.18. The molecule has 0 aliphatic carbocycles. The Hall–Kier alpha value is -0.240. The SMILES string of the molecule is CCOC(OCC)C(C(OCC)OCC)C(OCC)OCC. The summed E-state index contributed by atoms with van der Waals surface area (Å²) >= 11 is 0. The van der Waals surface area contributed by atoms with Crippen LogP contribution in [0.3, 0.4) is 0 Å². The Kier molecular flexibility index (Phi) is 14.2. The molecule has 0 aliphatic rings. The molecule has 134 valence electrons. The molecule has 0 heterocycles. The van der Waals surface area contributed by atoms with Crippen molar-refractivity contribution in [1.82, 2.24) is 0 Å². The van der Waals surface area contributed by atoms with Crippen molar-refractivity contribution >= 4 is 0 Å². The summed E-state index contributed by atoms with van der Waals surface area (Å²) < 4.78 is 34.5. The molecule has 0 N–H and O–H groups in total. The highest BCUT2D eigenvalue weighted by Crippen LogP contribution is 2.25. The zero-order valence-corrected chi connectivity index (χ0v) is 15.0. The summed E-state index contributed by atoms with van der Waals surface area (Å²) in [5, 5.41) is 0. The molecular weight excluding hydrogens is 288 g/mol. The maximum absolute atomic E-state index is 5.75. The molecule has 0 unspecified atom stereocenters. The molecule has 22 heavy (non-hydrogen) atoms. The van der Waals surface area contributed by atoms with E-state index in [-0.39, 0.29) is 5.92 Å². The molecule has 0 aromatic heterocycles. The summed E-state index contributed by atoms with van der Waals surface area (Å²) in [6.07, 6.45) is -1.54. The van der Waals surface area contributed by atoms with Gasteiger partial charge in [0.15, 0.2) is 18.9 Å². The molecule has 0 rings (SSSR count). The lowest BCUT2D eigenvalue weighted by atomic mass is 10.1. The van der Waals surface area contributed by atoms with Crippen LogP contribution < -0.4 is 0 Å². The molecule has 0 saturated carbocycles. The average molecular weight is 322 g/mol. The van der Waals surface area contributed by atoms with Gasteiger partial charge in [0.2, 0.25) is 0 Å². The Bertz CT molecular complexity index is 183. The highest BCUT2D eigenvalue weighted by atomic mass is 16.7. The van der Waals surface area contributed by atoms with Crippen LogP contribution in [0.2, 0.25) is 0 Å². The van der Waals surface area contributed by atoms with E-state index < -0.39 is 18.9 Å². The third-order valence-electron chi connectivity index (χ3n) is 2.93. The van der Waals surface area contributed by atoms with Crippen molar-refractivity contribution in [3.8, 4) is 0 Å². The van der Waals surface area contributed by atoms with E-state index in [0.717, 1.165) is 0 Å². The van der Waals surface area contributed by atoms with E-state index in [4.69, 9.17) is 28.4 Å². The first-order chi connectivity index (χ1) is 10.7. The van der Waals surface area contributed by atoms with E-state index in [1.54, 1.807) is 0 Å². The van der Waals surface area contributed by atoms with E-state index in [1.165, 1.54) is 0 Å². The molecule has 0 atom stereocenters. The lowest BCUT2D eigenvalue weighted by Gasteiger charge is -2.36. The van der Waals surface area contributed by atoms with Crippen LogP contribution in [0.5, 0.6) is 0 Å². The molecule has 0 radical (unpaired) electrons. The zero-order valence-electron chi connectivity index (χ0n) is 15.0. The standard InChI is InChI=1S/C16H34O6/c1-7-17-14(18-8-2)13(15(19-9-3)20-10-4)16(21-11-5)22-12-6/h13-16H,7-12H2,1-6H3. The second-order valence-corrected chi connectivity index (χ2v) is 4.41. The van der Waals surface area contributed by atoms with Crippen molar-refractivity contribution in [2.45, 2.75) is 60.4 Å². The summed E-state index contributed by atoms with van der Waals surface area (Å²) in [6.45, 7) is 14.7. The van der Waals surface area contributed by atoms with Crippen LogP contribution in [0.15, 0.2) is 0 Å². The van der Waals surface area contributed by atoms with Crippen LogP contribution in [-0.4, -0.2) is 58.5 Å². The Morgan fingerprint density at radius 2 is 0.591 bits per heavy atom. The highest BCUT2D eigenvalue weighted by molar-refractivity contribution is 4.73. The van der Waals surface area contributed by atoms with E-state index in [2.05, 4.69) is 0 Å². The smallest absolute Gasteiger partial charge is 0.170 e. The summed E-state index contributed by atoms with van der Waals surface area (Å²) in [6, 6.07) is 0. The minimum absolute atomic E-state index is 0.334. The van der Waals surface area contributed by atoms with Crippen LogP contribution in [0.1, 0.15) is 41.5 Å². The molecule has 0 fully saturated rings. The van der Waals surface area contributed by atoms with Gasteiger partial charge in [-0.1, -0.05) is 0 Å². The van der Waals surface area contributed by atoms with Crippen molar-refractivity contribution < 1.29 is 28.4 Å². The second kappa shape index (κ2) is 14.4. The highest BCUT2D eigenvalue weighted by Gasteiger charge is 2.40. The Labute approximate surface area is 135 Å². The molecule has 6 heteroatoms. The first-order valence-corrected chi connectivity index (χ1v) is 8.39. The van der Waals surface area contributed by atoms with Gasteiger partial charge in [0, 0.05) is 39.6 Å². The molecule has 0 amide bonds. The molecule has 0 saturated heterocycles.